The van der Waals surface area contributed by atoms with Gasteiger partial charge in [0.25, 0.3) is 0 Å². The van der Waals surface area contributed by atoms with Crippen molar-refractivity contribution in [1.29, 1.82) is 0 Å². The van der Waals surface area contributed by atoms with E-state index in [-0.39, 0.29) is 15.3 Å². The van der Waals surface area contributed by atoms with E-state index in [1.807, 2.05) is 0 Å². The van der Waals surface area contributed by atoms with Crippen molar-refractivity contribution in [3.05, 3.63) is 44.6 Å². The zero-order valence-electron chi connectivity index (χ0n) is 7.72. The Morgan fingerprint density at radius 2 is 1.25 bits per heavy atom. The fraction of sp³-hybridized carbons (Fsp3) is 0. The third-order valence-corrected chi connectivity index (χ3v) is 3.22. The molecule has 0 bridgehead atoms. The zero-order chi connectivity index (χ0) is 11.7. The molecule has 6 heteroatoms. The molecular formula is C10H4Cl4N2. The van der Waals surface area contributed by atoms with Crippen LogP contribution in [0, 0.1) is 0 Å². The summed E-state index contributed by atoms with van der Waals surface area (Å²) in [6, 6.07) is 7.02. The monoisotopic (exact) mass is 292 g/mol. The van der Waals surface area contributed by atoms with Gasteiger partial charge in [0.05, 0.1) is 0 Å². The number of halogens is 4. The van der Waals surface area contributed by atoms with Crippen molar-refractivity contribution in [2.75, 3.05) is 0 Å². The van der Waals surface area contributed by atoms with Gasteiger partial charge in [-0.3, -0.25) is 0 Å². The second-order valence-electron chi connectivity index (χ2n) is 2.95. The number of nitrogens with zero attached hydrogens (tertiary/aromatic N) is 2. The molecule has 1 heterocycles. The van der Waals surface area contributed by atoms with Gasteiger partial charge in [-0.15, -0.1) is 0 Å². The van der Waals surface area contributed by atoms with E-state index in [9.17, 15) is 0 Å². The van der Waals surface area contributed by atoms with Gasteiger partial charge in [0.1, 0.15) is 5.02 Å². The van der Waals surface area contributed by atoms with E-state index < -0.39 is 0 Å². The first kappa shape index (κ1) is 11.9. The molecule has 1 aromatic heterocycles. The predicted octanol–water partition coefficient (Wildman–Crippen LogP) is 4.76. The highest BCUT2D eigenvalue weighted by molar-refractivity contribution is 6.46. The maximum atomic E-state index is 5.81. The average molecular weight is 294 g/mol. The van der Waals surface area contributed by atoms with Crippen LogP contribution in [-0.4, -0.2) is 9.97 Å². The molecule has 1 aromatic carbocycles. The van der Waals surface area contributed by atoms with E-state index in [0.29, 0.717) is 10.8 Å². The van der Waals surface area contributed by atoms with Crippen molar-refractivity contribution in [3.8, 4) is 11.4 Å². The highest BCUT2D eigenvalue weighted by Crippen LogP contribution is 2.29. The molecule has 0 N–H and O–H groups in total. The molecule has 2 rings (SSSR count). The molecule has 0 unspecified atom stereocenters. The first-order valence-corrected chi connectivity index (χ1v) is 5.73. The van der Waals surface area contributed by atoms with Gasteiger partial charge in [0.15, 0.2) is 16.1 Å². The second kappa shape index (κ2) is 4.76. The molecule has 0 atom stereocenters. The van der Waals surface area contributed by atoms with Crippen LogP contribution in [0.3, 0.4) is 0 Å². The standard InChI is InChI=1S/C10H4Cl4N2/c11-6-3-1-5(2-4-6)10-15-8(13)7(12)9(14)16-10/h1-4H. The first-order chi connectivity index (χ1) is 7.58. The number of hydrogen-bond donors (Lipinski definition) is 0. The summed E-state index contributed by atoms with van der Waals surface area (Å²) in [6.45, 7) is 0. The fourth-order valence-electron chi connectivity index (χ4n) is 1.12. The molecule has 0 saturated heterocycles. The van der Waals surface area contributed by atoms with Gasteiger partial charge in [0.2, 0.25) is 0 Å². The van der Waals surface area contributed by atoms with Crippen LogP contribution in [0.5, 0.6) is 0 Å². The van der Waals surface area contributed by atoms with Gasteiger partial charge in [-0.25, -0.2) is 9.97 Å². The molecule has 82 valence electrons. The van der Waals surface area contributed by atoms with Crippen molar-refractivity contribution in [2.45, 2.75) is 0 Å². The molecule has 0 radical (unpaired) electrons. The lowest BCUT2D eigenvalue weighted by Crippen LogP contribution is -1.91. The molecule has 0 aliphatic carbocycles. The van der Waals surface area contributed by atoms with E-state index in [1.54, 1.807) is 24.3 Å². The highest BCUT2D eigenvalue weighted by atomic mass is 35.5. The van der Waals surface area contributed by atoms with Crippen molar-refractivity contribution < 1.29 is 0 Å². The second-order valence-corrected chi connectivity index (χ2v) is 4.48. The Labute approximate surface area is 112 Å². The van der Waals surface area contributed by atoms with E-state index in [1.165, 1.54) is 0 Å². The Balaban J connectivity index is 2.52. The van der Waals surface area contributed by atoms with Crippen molar-refractivity contribution in [2.24, 2.45) is 0 Å². The third-order valence-electron chi connectivity index (χ3n) is 1.87. The van der Waals surface area contributed by atoms with Crippen LogP contribution in [0.15, 0.2) is 24.3 Å². The van der Waals surface area contributed by atoms with E-state index in [0.717, 1.165) is 5.56 Å². The predicted molar refractivity (Wildman–Crippen MR) is 67.5 cm³/mol. The molecule has 0 fully saturated rings. The van der Waals surface area contributed by atoms with Gasteiger partial charge in [-0.2, -0.15) is 0 Å². The van der Waals surface area contributed by atoms with Crippen molar-refractivity contribution in [1.82, 2.24) is 9.97 Å². The summed E-state index contributed by atoms with van der Waals surface area (Å²) in [5.74, 6) is 0.413. The van der Waals surface area contributed by atoms with Gasteiger partial charge in [0, 0.05) is 10.6 Å². The van der Waals surface area contributed by atoms with Crippen molar-refractivity contribution >= 4 is 46.4 Å². The van der Waals surface area contributed by atoms with Gasteiger partial charge in [-0.05, 0) is 24.3 Å². The maximum Gasteiger partial charge on any atom is 0.162 e. The van der Waals surface area contributed by atoms with E-state index in [2.05, 4.69) is 9.97 Å². The summed E-state index contributed by atoms with van der Waals surface area (Å²) < 4.78 is 0. The molecule has 0 amide bonds. The fourth-order valence-corrected chi connectivity index (χ4v) is 1.72. The van der Waals surface area contributed by atoms with Crippen LogP contribution in [0.2, 0.25) is 20.4 Å². The Hall–Kier alpha value is -0.540. The van der Waals surface area contributed by atoms with Gasteiger partial charge in [-0.1, -0.05) is 46.4 Å². The number of benzene rings is 1. The van der Waals surface area contributed by atoms with Crippen molar-refractivity contribution in [3.63, 3.8) is 0 Å². The lowest BCUT2D eigenvalue weighted by atomic mass is 10.2. The topological polar surface area (TPSA) is 25.8 Å². The molecule has 0 saturated carbocycles. The SMILES string of the molecule is Clc1ccc(-c2nc(Cl)c(Cl)c(Cl)n2)cc1. The molecule has 0 aliphatic rings. The lowest BCUT2D eigenvalue weighted by Gasteiger charge is -2.03. The maximum absolute atomic E-state index is 5.81. The number of aromatic nitrogens is 2. The Morgan fingerprint density at radius 3 is 1.75 bits per heavy atom. The summed E-state index contributed by atoms with van der Waals surface area (Å²) in [7, 11) is 0. The van der Waals surface area contributed by atoms with E-state index >= 15 is 0 Å². The van der Waals surface area contributed by atoms with E-state index in [4.69, 9.17) is 46.4 Å². The summed E-state index contributed by atoms with van der Waals surface area (Å²) in [6.07, 6.45) is 0. The van der Waals surface area contributed by atoms with Crippen LogP contribution in [0.25, 0.3) is 11.4 Å². The van der Waals surface area contributed by atoms with Gasteiger partial charge < -0.3 is 0 Å². The quantitative estimate of drug-likeness (QED) is 0.709. The molecule has 2 aromatic rings. The number of rotatable bonds is 1. The van der Waals surface area contributed by atoms with Crippen LogP contribution in [0.4, 0.5) is 0 Å². The Morgan fingerprint density at radius 1 is 0.750 bits per heavy atom. The highest BCUT2D eigenvalue weighted by Gasteiger charge is 2.10. The average Bonchev–Trinajstić information content (AvgIpc) is 2.26. The summed E-state index contributed by atoms with van der Waals surface area (Å²) in [5.41, 5.74) is 0.768. The minimum Gasteiger partial charge on any atom is -0.215 e. The van der Waals surface area contributed by atoms with Crippen LogP contribution in [-0.2, 0) is 0 Å². The smallest absolute Gasteiger partial charge is 0.162 e. The largest absolute Gasteiger partial charge is 0.215 e. The normalized spacial score (nSPS) is 10.5. The van der Waals surface area contributed by atoms with Crippen LogP contribution in [0.1, 0.15) is 0 Å². The Kier molecular flexibility index (Phi) is 3.55. The third kappa shape index (κ3) is 2.41. The van der Waals surface area contributed by atoms with Crippen LogP contribution < -0.4 is 0 Å². The summed E-state index contributed by atoms with van der Waals surface area (Å²) in [5, 5.41) is 1.05. The van der Waals surface area contributed by atoms with Gasteiger partial charge >= 0.3 is 0 Å². The Bertz CT molecular complexity index is 502. The molecule has 16 heavy (non-hydrogen) atoms. The molecule has 2 nitrogen and oxygen atoms in total. The molecule has 0 spiro atoms. The molecular weight excluding hydrogens is 290 g/mol. The number of hydrogen-bond acceptors (Lipinski definition) is 2. The molecule has 0 aliphatic heterocycles. The summed E-state index contributed by atoms with van der Waals surface area (Å²) in [4.78, 5) is 8.06. The first-order valence-electron chi connectivity index (χ1n) is 4.22. The zero-order valence-corrected chi connectivity index (χ0v) is 10.7. The minimum atomic E-state index is 0.131. The lowest BCUT2D eigenvalue weighted by molar-refractivity contribution is 1.18. The minimum absolute atomic E-state index is 0.131. The van der Waals surface area contributed by atoms with Crippen LogP contribution >= 0.6 is 46.4 Å². The summed E-state index contributed by atoms with van der Waals surface area (Å²) >= 11 is 23.1.